The Morgan fingerprint density at radius 2 is 2.00 bits per heavy atom. The number of amides is 1. The molecule has 9 heteroatoms. The van der Waals surface area contributed by atoms with Crippen molar-refractivity contribution in [1.29, 1.82) is 0 Å². The number of aromatic nitrogens is 3. The Labute approximate surface area is 183 Å². The third kappa shape index (κ3) is 5.03. The van der Waals surface area contributed by atoms with Crippen LogP contribution in [0.1, 0.15) is 0 Å². The Morgan fingerprint density at radius 1 is 1.21 bits per heavy atom. The molecule has 0 spiro atoms. The van der Waals surface area contributed by atoms with Gasteiger partial charge in [-0.2, -0.15) is 0 Å². The molecule has 28 heavy (non-hydrogen) atoms. The van der Waals surface area contributed by atoms with Gasteiger partial charge in [-0.25, -0.2) is 0 Å². The number of allylic oxidation sites excluding steroid dienone is 1. The third-order valence-electron chi connectivity index (χ3n) is 3.67. The van der Waals surface area contributed by atoms with Crippen LogP contribution in [-0.4, -0.2) is 31.5 Å². The van der Waals surface area contributed by atoms with E-state index in [1.165, 1.54) is 11.8 Å². The first kappa shape index (κ1) is 20.6. The molecule has 1 amide bonds. The van der Waals surface area contributed by atoms with Gasteiger partial charge in [0.1, 0.15) is 5.75 Å². The van der Waals surface area contributed by atoms with Crippen LogP contribution in [0.15, 0.2) is 69.2 Å². The summed E-state index contributed by atoms with van der Waals surface area (Å²) in [5.41, 5.74) is 1.27. The van der Waals surface area contributed by atoms with Gasteiger partial charge in [0.15, 0.2) is 11.0 Å². The normalized spacial score (nSPS) is 10.6. The van der Waals surface area contributed by atoms with Crippen LogP contribution >= 0.6 is 43.6 Å². The van der Waals surface area contributed by atoms with Crippen molar-refractivity contribution in [2.75, 3.05) is 11.1 Å². The van der Waals surface area contributed by atoms with Gasteiger partial charge in [-0.1, -0.05) is 55.8 Å². The van der Waals surface area contributed by atoms with E-state index in [9.17, 15) is 9.90 Å². The molecule has 2 aromatic carbocycles. The van der Waals surface area contributed by atoms with Crippen LogP contribution in [0.5, 0.6) is 5.75 Å². The number of hydrogen-bond acceptors (Lipinski definition) is 5. The number of carbonyl (C=O) groups excluding carboxylic acids is 1. The second-order valence-electron chi connectivity index (χ2n) is 5.71. The number of nitrogens with zero attached hydrogens (tertiary/aromatic N) is 3. The number of hydrogen-bond donors (Lipinski definition) is 2. The minimum absolute atomic E-state index is 0.102. The van der Waals surface area contributed by atoms with Gasteiger partial charge in [-0.15, -0.1) is 16.8 Å². The number of thioether (sulfide) groups is 1. The summed E-state index contributed by atoms with van der Waals surface area (Å²) in [6.07, 6.45) is 1.72. The van der Waals surface area contributed by atoms with Crippen molar-refractivity contribution in [3.05, 3.63) is 64.1 Å². The Hall–Kier alpha value is -2.10. The second kappa shape index (κ2) is 9.40. The van der Waals surface area contributed by atoms with E-state index in [0.29, 0.717) is 28.8 Å². The summed E-state index contributed by atoms with van der Waals surface area (Å²) in [5.74, 6) is 0.633. The molecule has 0 aliphatic heterocycles. The summed E-state index contributed by atoms with van der Waals surface area (Å²) in [7, 11) is 0. The van der Waals surface area contributed by atoms with E-state index >= 15 is 0 Å². The van der Waals surface area contributed by atoms with Gasteiger partial charge in [0.05, 0.1) is 11.3 Å². The third-order valence-corrected chi connectivity index (χ3v) is 5.62. The highest BCUT2D eigenvalue weighted by atomic mass is 79.9. The average molecular weight is 524 g/mol. The van der Waals surface area contributed by atoms with Crippen molar-refractivity contribution < 1.29 is 9.90 Å². The molecule has 0 unspecified atom stereocenters. The van der Waals surface area contributed by atoms with Crippen LogP contribution in [0.25, 0.3) is 11.4 Å². The number of rotatable bonds is 7. The zero-order valence-corrected chi connectivity index (χ0v) is 18.6. The molecular weight excluding hydrogens is 508 g/mol. The van der Waals surface area contributed by atoms with Crippen molar-refractivity contribution in [3.63, 3.8) is 0 Å². The SMILES string of the molecule is C=CCn1c(SCC(=O)Nc2cccc(Br)c2)nnc1-c1cc(Br)ccc1O. The standard InChI is InChI=1S/C19H16Br2N4O2S/c1-2-8-25-18(15-10-13(21)6-7-16(15)26)23-24-19(25)28-11-17(27)22-14-5-3-4-12(20)9-14/h2-7,9-10,26H,1,8,11H2,(H,22,27). The summed E-state index contributed by atoms with van der Waals surface area (Å²) in [4.78, 5) is 12.3. The van der Waals surface area contributed by atoms with E-state index in [-0.39, 0.29) is 17.4 Å². The fourth-order valence-corrected chi connectivity index (χ4v) is 3.98. The Balaban J connectivity index is 1.77. The molecule has 0 radical (unpaired) electrons. The number of aromatic hydroxyl groups is 1. The van der Waals surface area contributed by atoms with Gasteiger partial charge in [0.2, 0.25) is 5.91 Å². The smallest absolute Gasteiger partial charge is 0.234 e. The van der Waals surface area contributed by atoms with E-state index in [4.69, 9.17) is 0 Å². The van der Waals surface area contributed by atoms with E-state index in [0.717, 1.165) is 8.95 Å². The largest absolute Gasteiger partial charge is 0.507 e. The first-order chi connectivity index (χ1) is 13.5. The molecule has 0 bridgehead atoms. The van der Waals surface area contributed by atoms with Crippen LogP contribution in [0.2, 0.25) is 0 Å². The van der Waals surface area contributed by atoms with Gasteiger partial charge in [0, 0.05) is 21.2 Å². The maximum atomic E-state index is 12.3. The average Bonchev–Trinajstić information content (AvgIpc) is 3.05. The number of phenolic OH excluding ortho intramolecular Hbond substituents is 1. The molecule has 0 aliphatic carbocycles. The molecule has 144 valence electrons. The lowest BCUT2D eigenvalue weighted by molar-refractivity contribution is -0.113. The molecule has 1 heterocycles. The molecule has 1 aromatic heterocycles. The monoisotopic (exact) mass is 522 g/mol. The predicted octanol–water partition coefficient (Wildman–Crippen LogP) is 5.09. The summed E-state index contributed by atoms with van der Waals surface area (Å²) in [5, 5.41) is 22.0. The van der Waals surface area contributed by atoms with Crippen LogP contribution < -0.4 is 5.32 Å². The van der Waals surface area contributed by atoms with Crippen molar-refractivity contribution in [2.45, 2.75) is 11.7 Å². The molecule has 3 aromatic rings. The lowest BCUT2D eigenvalue weighted by Crippen LogP contribution is -2.14. The number of benzene rings is 2. The molecule has 6 nitrogen and oxygen atoms in total. The zero-order chi connectivity index (χ0) is 20.1. The Bertz CT molecular complexity index is 1020. The number of anilines is 1. The summed E-state index contributed by atoms with van der Waals surface area (Å²) < 4.78 is 3.52. The minimum atomic E-state index is -0.150. The van der Waals surface area contributed by atoms with Crippen molar-refractivity contribution in [3.8, 4) is 17.1 Å². The van der Waals surface area contributed by atoms with Gasteiger partial charge < -0.3 is 10.4 Å². The summed E-state index contributed by atoms with van der Waals surface area (Å²) in [6, 6.07) is 12.5. The van der Waals surface area contributed by atoms with Crippen molar-refractivity contribution in [2.24, 2.45) is 0 Å². The highest BCUT2D eigenvalue weighted by Gasteiger charge is 2.17. The van der Waals surface area contributed by atoms with Gasteiger partial charge in [-0.3, -0.25) is 9.36 Å². The van der Waals surface area contributed by atoms with Crippen LogP contribution in [0.4, 0.5) is 5.69 Å². The van der Waals surface area contributed by atoms with Crippen LogP contribution in [0.3, 0.4) is 0 Å². The molecule has 0 saturated carbocycles. The van der Waals surface area contributed by atoms with Crippen LogP contribution in [0, 0.1) is 0 Å². The topological polar surface area (TPSA) is 80.0 Å². The Kier molecular flexibility index (Phi) is 6.93. The minimum Gasteiger partial charge on any atom is -0.507 e. The van der Waals surface area contributed by atoms with Gasteiger partial charge >= 0.3 is 0 Å². The highest BCUT2D eigenvalue weighted by molar-refractivity contribution is 9.10. The van der Waals surface area contributed by atoms with Gasteiger partial charge in [-0.05, 0) is 36.4 Å². The molecule has 0 atom stereocenters. The maximum absolute atomic E-state index is 12.3. The number of phenols is 1. The quantitative estimate of drug-likeness (QED) is 0.333. The number of nitrogens with one attached hydrogen (secondary N) is 1. The van der Waals surface area contributed by atoms with E-state index in [2.05, 4.69) is 54.0 Å². The second-order valence-corrected chi connectivity index (χ2v) is 8.49. The van der Waals surface area contributed by atoms with Gasteiger partial charge in [0.25, 0.3) is 0 Å². The van der Waals surface area contributed by atoms with Crippen molar-refractivity contribution in [1.82, 2.24) is 14.8 Å². The number of carbonyl (C=O) groups is 1. The molecular formula is C19H16Br2N4O2S. The molecule has 0 aliphatic rings. The molecule has 0 fully saturated rings. The fourth-order valence-electron chi connectivity index (χ4n) is 2.47. The van der Waals surface area contributed by atoms with E-state index in [1.807, 2.05) is 28.8 Å². The fraction of sp³-hybridized carbons (Fsp3) is 0.105. The molecule has 0 saturated heterocycles. The molecule has 3 rings (SSSR count). The predicted molar refractivity (Wildman–Crippen MR) is 119 cm³/mol. The van der Waals surface area contributed by atoms with E-state index < -0.39 is 0 Å². The Morgan fingerprint density at radius 3 is 2.75 bits per heavy atom. The van der Waals surface area contributed by atoms with Crippen LogP contribution in [-0.2, 0) is 11.3 Å². The first-order valence-corrected chi connectivity index (χ1v) is 10.8. The lowest BCUT2D eigenvalue weighted by Gasteiger charge is -2.09. The lowest BCUT2D eigenvalue weighted by atomic mass is 10.2. The maximum Gasteiger partial charge on any atom is 0.234 e. The molecule has 2 N–H and O–H groups in total. The van der Waals surface area contributed by atoms with E-state index in [1.54, 1.807) is 24.3 Å². The highest BCUT2D eigenvalue weighted by Crippen LogP contribution is 2.32. The van der Waals surface area contributed by atoms with Crippen molar-refractivity contribution >= 4 is 55.2 Å². The summed E-state index contributed by atoms with van der Waals surface area (Å²) >= 11 is 8.05. The zero-order valence-electron chi connectivity index (χ0n) is 14.6. The first-order valence-electron chi connectivity index (χ1n) is 8.19. The summed E-state index contributed by atoms with van der Waals surface area (Å²) in [6.45, 7) is 4.22. The number of halogens is 2.